The summed E-state index contributed by atoms with van der Waals surface area (Å²) in [6.45, 7) is 2.22. The monoisotopic (exact) mass is 268 g/mol. The van der Waals surface area contributed by atoms with Gasteiger partial charge >= 0.3 is 0 Å². The van der Waals surface area contributed by atoms with Gasteiger partial charge in [-0.25, -0.2) is 4.98 Å². The number of benzene rings is 1. The van der Waals surface area contributed by atoms with Crippen LogP contribution >= 0.6 is 0 Å². The van der Waals surface area contributed by atoms with Gasteiger partial charge in [-0.1, -0.05) is 6.07 Å². The summed E-state index contributed by atoms with van der Waals surface area (Å²) in [6, 6.07) is 15.1. The Morgan fingerprint density at radius 3 is 2.45 bits per heavy atom. The van der Waals surface area contributed by atoms with E-state index in [1.54, 1.807) is 6.20 Å². The third kappa shape index (κ3) is 2.75. The Bertz CT molecular complexity index is 544. The van der Waals surface area contributed by atoms with Gasteiger partial charge in [-0.15, -0.1) is 0 Å². The summed E-state index contributed by atoms with van der Waals surface area (Å²) in [4.78, 5) is 8.94. The Morgan fingerprint density at radius 2 is 1.85 bits per heavy atom. The molecule has 1 aliphatic rings. The van der Waals surface area contributed by atoms with Gasteiger partial charge in [0.1, 0.15) is 5.82 Å². The van der Waals surface area contributed by atoms with Crippen LogP contribution in [0.2, 0.25) is 0 Å². The number of likely N-dealkylation sites (N-methyl/N-ethyl adjacent to an activating group) is 1. The molecule has 4 nitrogen and oxygen atoms in total. The van der Waals surface area contributed by atoms with Crippen LogP contribution in [-0.4, -0.2) is 43.1 Å². The SMILES string of the molecule is CN(C)C1CN(c2ccc(Nc3ccccn3)cc2)C1. The molecule has 0 atom stereocenters. The van der Waals surface area contributed by atoms with Crippen molar-refractivity contribution in [3.63, 3.8) is 0 Å². The molecule has 1 aliphatic heterocycles. The minimum atomic E-state index is 0.682. The van der Waals surface area contributed by atoms with Gasteiger partial charge in [0.25, 0.3) is 0 Å². The second-order valence-corrected chi connectivity index (χ2v) is 5.41. The van der Waals surface area contributed by atoms with E-state index in [1.165, 1.54) is 5.69 Å². The van der Waals surface area contributed by atoms with Gasteiger partial charge < -0.3 is 15.1 Å². The first-order chi connectivity index (χ1) is 9.72. The van der Waals surface area contributed by atoms with Crippen molar-refractivity contribution in [3.05, 3.63) is 48.7 Å². The molecule has 1 N–H and O–H groups in total. The zero-order valence-corrected chi connectivity index (χ0v) is 12.0. The first-order valence-electron chi connectivity index (χ1n) is 6.92. The van der Waals surface area contributed by atoms with E-state index in [0.717, 1.165) is 24.6 Å². The lowest BCUT2D eigenvalue weighted by atomic mass is 10.1. The molecule has 3 rings (SSSR count). The molecule has 1 aromatic heterocycles. The van der Waals surface area contributed by atoms with Gasteiger partial charge in [-0.3, -0.25) is 0 Å². The Hall–Kier alpha value is -2.07. The number of pyridine rings is 1. The van der Waals surface area contributed by atoms with Gasteiger partial charge in [-0.05, 0) is 50.5 Å². The molecule has 2 heterocycles. The van der Waals surface area contributed by atoms with Crippen molar-refractivity contribution in [3.8, 4) is 0 Å². The van der Waals surface area contributed by atoms with E-state index in [-0.39, 0.29) is 0 Å². The quantitative estimate of drug-likeness (QED) is 0.923. The van der Waals surface area contributed by atoms with Crippen molar-refractivity contribution < 1.29 is 0 Å². The zero-order chi connectivity index (χ0) is 13.9. The molecule has 104 valence electrons. The standard InChI is InChI=1S/C16H20N4/c1-19(2)15-11-20(12-15)14-8-6-13(7-9-14)18-16-5-3-4-10-17-16/h3-10,15H,11-12H2,1-2H3,(H,17,18). The Kier molecular flexibility index (Phi) is 3.56. The third-order valence-corrected chi connectivity index (χ3v) is 3.76. The Labute approximate surface area is 120 Å². The van der Waals surface area contributed by atoms with E-state index in [4.69, 9.17) is 0 Å². The highest BCUT2D eigenvalue weighted by molar-refractivity contribution is 5.61. The highest BCUT2D eigenvalue weighted by Gasteiger charge is 2.28. The van der Waals surface area contributed by atoms with Crippen LogP contribution in [0.4, 0.5) is 17.2 Å². The zero-order valence-electron chi connectivity index (χ0n) is 12.0. The molecule has 0 aliphatic carbocycles. The number of hydrogen-bond donors (Lipinski definition) is 1. The molecule has 0 bridgehead atoms. The number of nitrogens with one attached hydrogen (secondary N) is 1. The number of aromatic nitrogens is 1. The molecule has 0 radical (unpaired) electrons. The average molecular weight is 268 g/mol. The molecular formula is C16H20N4. The van der Waals surface area contributed by atoms with Gasteiger partial charge in [0.05, 0.1) is 0 Å². The Morgan fingerprint density at radius 1 is 1.10 bits per heavy atom. The van der Waals surface area contributed by atoms with Gasteiger partial charge in [-0.2, -0.15) is 0 Å². The van der Waals surface area contributed by atoms with Gasteiger partial charge in [0, 0.05) is 36.7 Å². The van der Waals surface area contributed by atoms with Crippen LogP contribution in [0.5, 0.6) is 0 Å². The van der Waals surface area contributed by atoms with Gasteiger partial charge in [0.2, 0.25) is 0 Å². The molecule has 1 aromatic carbocycles. The summed E-state index contributed by atoms with van der Waals surface area (Å²) in [6.07, 6.45) is 1.79. The highest BCUT2D eigenvalue weighted by Crippen LogP contribution is 2.25. The summed E-state index contributed by atoms with van der Waals surface area (Å²) in [5.74, 6) is 0.872. The Balaban J connectivity index is 1.61. The molecule has 0 saturated carbocycles. The van der Waals surface area contributed by atoms with Crippen molar-refractivity contribution in [1.82, 2.24) is 9.88 Å². The molecular weight excluding hydrogens is 248 g/mol. The largest absolute Gasteiger partial charge is 0.368 e. The van der Waals surface area contributed by atoms with Crippen LogP contribution in [-0.2, 0) is 0 Å². The molecule has 0 spiro atoms. The molecule has 2 aromatic rings. The first kappa shape index (κ1) is 12.9. The molecule has 1 fully saturated rings. The normalized spacial score (nSPS) is 15.2. The summed E-state index contributed by atoms with van der Waals surface area (Å²) < 4.78 is 0. The minimum Gasteiger partial charge on any atom is -0.368 e. The fourth-order valence-electron chi connectivity index (χ4n) is 2.33. The lowest BCUT2D eigenvalue weighted by Crippen LogP contribution is -2.57. The summed E-state index contributed by atoms with van der Waals surface area (Å²) >= 11 is 0. The fraction of sp³-hybridized carbons (Fsp3) is 0.312. The van der Waals surface area contributed by atoms with Crippen molar-refractivity contribution >= 4 is 17.2 Å². The van der Waals surface area contributed by atoms with E-state index in [0.29, 0.717) is 6.04 Å². The smallest absolute Gasteiger partial charge is 0.130 e. The molecule has 0 unspecified atom stereocenters. The molecule has 0 amide bonds. The topological polar surface area (TPSA) is 31.4 Å². The van der Waals surface area contributed by atoms with Crippen LogP contribution in [0.1, 0.15) is 0 Å². The minimum absolute atomic E-state index is 0.682. The number of anilines is 3. The highest BCUT2D eigenvalue weighted by atomic mass is 15.3. The van der Waals surface area contributed by atoms with Crippen molar-refractivity contribution in [2.24, 2.45) is 0 Å². The van der Waals surface area contributed by atoms with E-state index in [9.17, 15) is 0 Å². The van der Waals surface area contributed by atoms with Crippen LogP contribution < -0.4 is 10.2 Å². The third-order valence-electron chi connectivity index (χ3n) is 3.76. The number of nitrogens with zero attached hydrogens (tertiary/aromatic N) is 3. The predicted octanol–water partition coefficient (Wildman–Crippen LogP) is 2.58. The van der Waals surface area contributed by atoms with Crippen LogP contribution in [0.25, 0.3) is 0 Å². The second kappa shape index (κ2) is 5.51. The maximum absolute atomic E-state index is 4.26. The lowest BCUT2D eigenvalue weighted by molar-refractivity contribution is 0.247. The van der Waals surface area contributed by atoms with Crippen LogP contribution in [0.15, 0.2) is 48.7 Å². The number of hydrogen-bond acceptors (Lipinski definition) is 4. The van der Waals surface area contributed by atoms with Crippen LogP contribution in [0, 0.1) is 0 Å². The number of rotatable bonds is 4. The molecule has 20 heavy (non-hydrogen) atoms. The maximum Gasteiger partial charge on any atom is 0.130 e. The molecule has 4 heteroatoms. The van der Waals surface area contributed by atoms with Crippen LogP contribution in [0.3, 0.4) is 0 Å². The summed E-state index contributed by atoms with van der Waals surface area (Å²) in [5.41, 5.74) is 2.35. The summed E-state index contributed by atoms with van der Waals surface area (Å²) in [7, 11) is 4.28. The molecule has 1 saturated heterocycles. The van der Waals surface area contributed by atoms with Crippen molar-refractivity contribution in [2.75, 3.05) is 37.4 Å². The van der Waals surface area contributed by atoms with E-state index in [1.807, 2.05) is 18.2 Å². The second-order valence-electron chi connectivity index (χ2n) is 5.41. The first-order valence-corrected chi connectivity index (χ1v) is 6.92. The summed E-state index contributed by atoms with van der Waals surface area (Å²) in [5, 5.41) is 3.30. The maximum atomic E-state index is 4.26. The van der Waals surface area contributed by atoms with Crippen molar-refractivity contribution in [2.45, 2.75) is 6.04 Å². The van der Waals surface area contributed by atoms with E-state index in [2.05, 4.69) is 58.5 Å². The lowest BCUT2D eigenvalue weighted by Gasteiger charge is -2.44. The van der Waals surface area contributed by atoms with Gasteiger partial charge in [0.15, 0.2) is 0 Å². The fourth-order valence-corrected chi connectivity index (χ4v) is 2.33. The average Bonchev–Trinajstić information content (AvgIpc) is 2.40. The predicted molar refractivity (Wildman–Crippen MR) is 83.6 cm³/mol. The van der Waals surface area contributed by atoms with E-state index < -0.39 is 0 Å². The van der Waals surface area contributed by atoms with Crippen molar-refractivity contribution in [1.29, 1.82) is 0 Å². The van der Waals surface area contributed by atoms with E-state index >= 15 is 0 Å².